The average Bonchev–Trinajstić information content (AvgIpc) is 3.10. The number of H-pyrrole nitrogens is 1. The summed E-state index contributed by atoms with van der Waals surface area (Å²) in [6, 6.07) is 3.43. The first kappa shape index (κ1) is 17.1. The number of amides is 1. The highest BCUT2D eigenvalue weighted by Crippen LogP contribution is 2.12. The molecule has 2 aromatic rings. The molecule has 0 aromatic carbocycles. The minimum absolute atomic E-state index is 0.106. The van der Waals surface area contributed by atoms with Crippen LogP contribution in [-0.4, -0.2) is 66.2 Å². The lowest BCUT2D eigenvalue weighted by atomic mass is 10.2. The Kier molecular flexibility index (Phi) is 6.71. The van der Waals surface area contributed by atoms with Crippen LogP contribution in [0.1, 0.15) is 16.8 Å². The van der Waals surface area contributed by atoms with Gasteiger partial charge < -0.3 is 19.9 Å². The summed E-state index contributed by atoms with van der Waals surface area (Å²) in [5.41, 5.74) is 1.23. The Balaban J connectivity index is 1.81. The number of hydrogen-bond acceptors (Lipinski definition) is 5. The molecule has 7 nitrogen and oxygen atoms in total. The summed E-state index contributed by atoms with van der Waals surface area (Å²) in [4.78, 5) is 25.7. The first-order valence-corrected chi connectivity index (χ1v) is 7.62. The van der Waals surface area contributed by atoms with E-state index in [9.17, 15) is 4.79 Å². The third kappa shape index (κ3) is 5.46. The van der Waals surface area contributed by atoms with Gasteiger partial charge in [0.1, 0.15) is 5.69 Å². The van der Waals surface area contributed by atoms with Crippen LogP contribution < -0.4 is 5.32 Å². The van der Waals surface area contributed by atoms with E-state index in [0.29, 0.717) is 23.6 Å². The molecule has 0 bridgehead atoms. The maximum atomic E-state index is 12.2. The molecule has 0 unspecified atom stereocenters. The summed E-state index contributed by atoms with van der Waals surface area (Å²) < 4.78 is 5.02. The lowest BCUT2D eigenvalue weighted by molar-refractivity contribution is 0.0949. The predicted molar refractivity (Wildman–Crippen MR) is 88.1 cm³/mol. The van der Waals surface area contributed by atoms with Crippen LogP contribution in [0, 0.1) is 0 Å². The molecule has 0 fully saturated rings. The molecular formula is C16H23N5O2. The van der Waals surface area contributed by atoms with Crippen molar-refractivity contribution in [1.29, 1.82) is 0 Å². The van der Waals surface area contributed by atoms with Gasteiger partial charge in [-0.05, 0) is 25.6 Å². The number of nitrogens with zero attached hydrogens (tertiary/aromatic N) is 3. The van der Waals surface area contributed by atoms with E-state index in [2.05, 4.69) is 25.2 Å². The fourth-order valence-electron chi connectivity index (χ4n) is 2.16. The number of pyridine rings is 1. The van der Waals surface area contributed by atoms with E-state index in [1.807, 2.05) is 7.05 Å². The highest BCUT2D eigenvalue weighted by molar-refractivity contribution is 5.94. The van der Waals surface area contributed by atoms with Gasteiger partial charge in [0.25, 0.3) is 5.91 Å². The molecule has 2 N–H and O–H groups in total. The predicted octanol–water partition coefficient (Wildman–Crippen LogP) is 1.17. The van der Waals surface area contributed by atoms with Crippen molar-refractivity contribution in [2.24, 2.45) is 0 Å². The van der Waals surface area contributed by atoms with Crippen LogP contribution in [0.25, 0.3) is 11.5 Å². The highest BCUT2D eigenvalue weighted by atomic mass is 16.5. The molecule has 23 heavy (non-hydrogen) atoms. The number of rotatable bonds is 9. The van der Waals surface area contributed by atoms with Gasteiger partial charge in [-0.2, -0.15) is 0 Å². The number of likely N-dealkylation sites (N-methyl/N-ethyl adjacent to an activating group) is 1. The number of imidazole rings is 1. The molecule has 0 aliphatic carbocycles. The maximum absolute atomic E-state index is 12.2. The standard InChI is InChI=1S/C16H23N5O2/c1-21(9-3-11-23-2)10-8-20-16(22)13-4-5-17-14(12-13)15-18-6-7-19-15/h4-7,12H,3,8-11H2,1-2H3,(H,18,19)(H,20,22). The second-order valence-electron chi connectivity index (χ2n) is 5.27. The number of aromatic nitrogens is 3. The summed E-state index contributed by atoms with van der Waals surface area (Å²) in [6.07, 6.45) is 5.98. The molecule has 1 amide bonds. The van der Waals surface area contributed by atoms with Crippen LogP contribution in [0.4, 0.5) is 0 Å². The third-order valence-corrected chi connectivity index (χ3v) is 3.43. The molecule has 0 saturated carbocycles. The SMILES string of the molecule is COCCCN(C)CCNC(=O)c1ccnc(-c2ncc[nH]2)c1. The molecular weight excluding hydrogens is 294 g/mol. The summed E-state index contributed by atoms with van der Waals surface area (Å²) in [5, 5.41) is 2.92. The van der Waals surface area contributed by atoms with Crippen LogP contribution in [0.15, 0.2) is 30.7 Å². The number of aromatic amines is 1. The summed E-state index contributed by atoms with van der Waals surface area (Å²) >= 11 is 0. The van der Waals surface area contributed by atoms with E-state index < -0.39 is 0 Å². The van der Waals surface area contributed by atoms with Gasteiger partial charge in [-0.1, -0.05) is 0 Å². The Hall–Kier alpha value is -2.25. The fourth-order valence-corrected chi connectivity index (χ4v) is 2.16. The van der Waals surface area contributed by atoms with E-state index in [4.69, 9.17) is 4.74 Å². The van der Waals surface area contributed by atoms with Gasteiger partial charge in [0.2, 0.25) is 0 Å². The van der Waals surface area contributed by atoms with E-state index in [1.54, 1.807) is 37.8 Å². The highest BCUT2D eigenvalue weighted by Gasteiger charge is 2.09. The van der Waals surface area contributed by atoms with Crippen LogP contribution in [0.5, 0.6) is 0 Å². The number of nitrogens with one attached hydrogen (secondary N) is 2. The maximum Gasteiger partial charge on any atom is 0.251 e. The van der Waals surface area contributed by atoms with Crippen molar-refractivity contribution in [3.8, 4) is 11.5 Å². The summed E-state index contributed by atoms with van der Waals surface area (Å²) in [7, 11) is 3.73. The molecule has 0 aliphatic heterocycles. The molecule has 0 aliphatic rings. The molecule has 124 valence electrons. The lowest BCUT2D eigenvalue weighted by Gasteiger charge is -2.16. The van der Waals surface area contributed by atoms with Crippen molar-refractivity contribution in [3.05, 3.63) is 36.3 Å². The Labute approximate surface area is 136 Å². The second-order valence-corrected chi connectivity index (χ2v) is 5.27. The smallest absolute Gasteiger partial charge is 0.251 e. The van der Waals surface area contributed by atoms with E-state index >= 15 is 0 Å². The minimum Gasteiger partial charge on any atom is -0.385 e. The summed E-state index contributed by atoms with van der Waals surface area (Å²) in [6.45, 7) is 3.09. The molecule has 2 aromatic heterocycles. The third-order valence-electron chi connectivity index (χ3n) is 3.43. The minimum atomic E-state index is -0.106. The van der Waals surface area contributed by atoms with Crippen LogP contribution >= 0.6 is 0 Å². The number of carbonyl (C=O) groups excluding carboxylic acids is 1. The quantitative estimate of drug-likeness (QED) is 0.678. The normalized spacial score (nSPS) is 10.9. The van der Waals surface area contributed by atoms with Crippen LogP contribution in [0.2, 0.25) is 0 Å². The zero-order chi connectivity index (χ0) is 16.5. The topological polar surface area (TPSA) is 83.1 Å². The molecule has 7 heteroatoms. The first-order valence-electron chi connectivity index (χ1n) is 7.62. The number of methoxy groups -OCH3 is 1. The molecule has 0 saturated heterocycles. The van der Waals surface area contributed by atoms with Crippen LogP contribution in [0.3, 0.4) is 0 Å². The largest absolute Gasteiger partial charge is 0.385 e. The average molecular weight is 317 g/mol. The lowest BCUT2D eigenvalue weighted by Crippen LogP contribution is -2.33. The Morgan fingerprint density at radius 1 is 1.35 bits per heavy atom. The van der Waals surface area contributed by atoms with Crippen molar-refractivity contribution in [2.75, 3.05) is 40.4 Å². The number of hydrogen-bond donors (Lipinski definition) is 2. The molecule has 0 atom stereocenters. The monoisotopic (exact) mass is 317 g/mol. The number of ether oxygens (including phenoxy) is 1. The molecule has 0 spiro atoms. The first-order chi connectivity index (χ1) is 11.2. The van der Waals surface area contributed by atoms with E-state index in [-0.39, 0.29) is 5.91 Å². The second kappa shape index (κ2) is 9.02. The van der Waals surface area contributed by atoms with Gasteiger partial charge in [-0.3, -0.25) is 9.78 Å². The molecule has 0 radical (unpaired) electrons. The van der Waals surface area contributed by atoms with Crippen LogP contribution in [-0.2, 0) is 4.74 Å². The zero-order valence-corrected chi connectivity index (χ0v) is 13.6. The van der Waals surface area contributed by atoms with Gasteiger partial charge in [0.15, 0.2) is 5.82 Å². The van der Waals surface area contributed by atoms with Crippen molar-refractivity contribution in [1.82, 2.24) is 25.2 Å². The number of carbonyl (C=O) groups is 1. The molecule has 2 rings (SSSR count). The zero-order valence-electron chi connectivity index (χ0n) is 13.6. The van der Waals surface area contributed by atoms with Crippen molar-refractivity contribution < 1.29 is 9.53 Å². The Bertz CT molecular complexity index is 600. The Morgan fingerprint density at radius 2 is 2.22 bits per heavy atom. The van der Waals surface area contributed by atoms with Gasteiger partial charge in [0.05, 0.1) is 0 Å². The van der Waals surface area contributed by atoms with Crippen molar-refractivity contribution in [3.63, 3.8) is 0 Å². The molecule has 2 heterocycles. The Morgan fingerprint density at radius 3 is 2.96 bits per heavy atom. The van der Waals surface area contributed by atoms with Crippen molar-refractivity contribution in [2.45, 2.75) is 6.42 Å². The van der Waals surface area contributed by atoms with Gasteiger partial charge >= 0.3 is 0 Å². The fraction of sp³-hybridized carbons (Fsp3) is 0.438. The van der Waals surface area contributed by atoms with Gasteiger partial charge in [-0.25, -0.2) is 4.98 Å². The van der Waals surface area contributed by atoms with Gasteiger partial charge in [-0.15, -0.1) is 0 Å². The van der Waals surface area contributed by atoms with E-state index in [1.165, 1.54) is 0 Å². The summed E-state index contributed by atoms with van der Waals surface area (Å²) in [5.74, 6) is 0.544. The van der Waals surface area contributed by atoms with E-state index in [0.717, 1.165) is 26.1 Å². The van der Waals surface area contributed by atoms with Gasteiger partial charge in [0, 0.05) is 57.5 Å². The van der Waals surface area contributed by atoms with Crippen molar-refractivity contribution >= 4 is 5.91 Å².